The largest absolute Gasteiger partial charge is 0.443 e. The number of aromatic nitrogens is 2. The van der Waals surface area contributed by atoms with Crippen molar-refractivity contribution in [1.29, 1.82) is 0 Å². The summed E-state index contributed by atoms with van der Waals surface area (Å²) in [5, 5.41) is 33.9. The van der Waals surface area contributed by atoms with Crippen molar-refractivity contribution in [2.75, 3.05) is 19.8 Å². The van der Waals surface area contributed by atoms with Gasteiger partial charge in [-0.25, -0.2) is 0 Å². The third-order valence-electron chi connectivity index (χ3n) is 7.26. The van der Waals surface area contributed by atoms with E-state index in [-0.39, 0.29) is 19.1 Å². The Morgan fingerprint density at radius 2 is 1.89 bits per heavy atom. The van der Waals surface area contributed by atoms with Crippen molar-refractivity contribution >= 4 is 0 Å². The zero-order chi connectivity index (χ0) is 27.2. The Morgan fingerprint density at radius 1 is 1.14 bits per heavy atom. The molecule has 1 aromatic heterocycles. The summed E-state index contributed by atoms with van der Waals surface area (Å²) in [7, 11) is 0. The van der Waals surface area contributed by atoms with E-state index >= 15 is 0 Å². The molecule has 1 aromatic rings. The summed E-state index contributed by atoms with van der Waals surface area (Å²) >= 11 is 0. The highest BCUT2D eigenvalue weighted by Gasteiger charge is 2.39. The monoisotopic (exact) mass is 522 g/mol. The first-order valence-corrected chi connectivity index (χ1v) is 14.1. The van der Waals surface area contributed by atoms with Crippen LogP contribution in [0.5, 0.6) is 5.88 Å². The Balaban J connectivity index is 0.000000303. The molecule has 2 aliphatic heterocycles. The van der Waals surface area contributed by atoms with Crippen LogP contribution in [-0.2, 0) is 15.9 Å². The molecule has 0 bridgehead atoms. The van der Waals surface area contributed by atoms with Crippen LogP contribution in [0.2, 0.25) is 0 Å². The lowest BCUT2D eigenvalue weighted by Crippen LogP contribution is -2.51. The Bertz CT molecular complexity index is 811. The average molecular weight is 523 g/mol. The minimum atomic E-state index is -1.18. The molecular formula is C29H50N2O6. The molecule has 1 aliphatic carbocycles. The van der Waals surface area contributed by atoms with Crippen molar-refractivity contribution in [1.82, 2.24) is 9.78 Å². The van der Waals surface area contributed by atoms with Crippen molar-refractivity contribution in [2.45, 2.75) is 117 Å². The van der Waals surface area contributed by atoms with Crippen molar-refractivity contribution in [3.63, 3.8) is 0 Å². The number of allylic oxidation sites excluding steroid dienone is 4. The maximum atomic E-state index is 10.1. The van der Waals surface area contributed by atoms with E-state index in [1.807, 2.05) is 37.6 Å². The fourth-order valence-corrected chi connectivity index (χ4v) is 4.57. The van der Waals surface area contributed by atoms with Crippen LogP contribution < -0.4 is 4.74 Å². The summed E-state index contributed by atoms with van der Waals surface area (Å²) in [5.41, 5.74) is 1.95. The fourth-order valence-electron chi connectivity index (χ4n) is 4.57. The van der Waals surface area contributed by atoms with Gasteiger partial charge in [0, 0.05) is 24.3 Å². The van der Waals surface area contributed by atoms with Crippen molar-refractivity contribution in [3.8, 4) is 5.88 Å². The van der Waals surface area contributed by atoms with Gasteiger partial charge < -0.3 is 29.5 Å². The molecule has 8 nitrogen and oxygen atoms in total. The van der Waals surface area contributed by atoms with Crippen LogP contribution in [0.3, 0.4) is 0 Å². The summed E-state index contributed by atoms with van der Waals surface area (Å²) in [4.78, 5) is 0. The molecule has 3 N–H and O–H groups in total. The quantitative estimate of drug-likeness (QED) is 0.427. The van der Waals surface area contributed by atoms with Crippen LogP contribution in [0.1, 0.15) is 89.9 Å². The number of hydrogen-bond donors (Lipinski definition) is 3. The van der Waals surface area contributed by atoms with Crippen LogP contribution in [0.15, 0.2) is 24.3 Å². The summed E-state index contributed by atoms with van der Waals surface area (Å²) in [6, 6.07) is 0.181. The van der Waals surface area contributed by atoms with Crippen LogP contribution in [0, 0.1) is 12.8 Å². The lowest BCUT2D eigenvalue weighted by Gasteiger charge is -2.35. The summed E-state index contributed by atoms with van der Waals surface area (Å²) in [5.74, 6) is 1.52. The van der Waals surface area contributed by atoms with Gasteiger partial charge in [-0.1, -0.05) is 70.8 Å². The van der Waals surface area contributed by atoms with Gasteiger partial charge in [-0.15, -0.1) is 5.10 Å². The molecule has 212 valence electrons. The number of ether oxygens (including phenoxy) is 3. The highest BCUT2D eigenvalue weighted by molar-refractivity contribution is 5.31. The van der Waals surface area contributed by atoms with Crippen LogP contribution in [0.4, 0.5) is 0 Å². The first-order valence-electron chi connectivity index (χ1n) is 14.1. The standard InChI is InChI=1S/C16H26N2O6.C7H12.C6H12/c1-3-12-9(2)18(10-4-5-22-8-10)17-15(12)24-16-14(21)13(20)6-11(7-19)23-16;1-3-5-7-6-4-2;1-2-6-4-3-5-6/h10-11,13-14,16,19-21H,3-8H2,1-2H3;3,5-7H,4H2,1-2H3;6H,2-5H2,1H3/b;5-3-,7-6-;. The Kier molecular flexibility index (Phi) is 14.5. The fraction of sp³-hybridized carbons (Fsp3) is 0.759. The molecule has 3 fully saturated rings. The average Bonchev–Trinajstić information content (AvgIpc) is 3.50. The summed E-state index contributed by atoms with van der Waals surface area (Å²) in [6.07, 6.45) is 13.3. The smallest absolute Gasteiger partial charge is 0.238 e. The molecule has 37 heavy (non-hydrogen) atoms. The van der Waals surface area contributed by atoms with Gasteiger partial charge in [0.2, 0.25) is 12.2 Å². The molecule has 8 heteroatoms. The SMILES string of the molecule is C/C=C\C=C/CC.CCC1CCC1.CCc1c(OC2OC(CO)CC(O)C2O)nn(C2CCOC2)c1C. The van der Waals surface area contributed by atoms with Crippen molar-refractivity contribution in [2.24, 2.45) is 5.92 Å². The highest BCUT2D eigenvalue weighted by atomic mass is 16.7. The van der Waals surface area contributed by atoms with E-state index in [4.69, 9.17) is 14.2 Å². The molecule has 5 atom stereocenters. The zero-order valence-corrected chi connectivity index (χ0v) is 23.5. The van der Waals surface area contributed by atoms with Crippen molar-refractivity contribution in [3.05, 3.63) is 35.6 Å². The van der Waals surface area contributed by atoms with E-state index in [1.54, 1.807) is 0 Å². The second kappa shape index (κ2) is 17.0. The lowest BCUT2D eigenvalue weighted by atomic mass is 9.84. The third-order valence-corrected chi connectivity index (χ3v) is 7.26. The first-order chi connectivity index (χ1) is 17.9. The Labute approximate surface area is 223 Å². The van der Waals surface area contributed by atoms with E-state index in [9.17, 15) is 15.3 Å². The second-order valence-electron chi connectivity index (χ2n) is 9.97. The summed E-state index contributed by atoms with van der Waals surface area (Å²) < 4.78 is 18.7. The topological polar surface area (TPSA) is 106 Å². The molecule has 1 saturated carbocycles. The first kappa shape index (κ1) is 31.5. The van der Waals surface area contributed by atoms with E-state index in [1.165, 1.54) is 25.7 Å². The number of aliphatic hydroxyl groups excluding tert-OH is 3. The van der Waals surface area contributed by atoms with Gasteiger partial charge in [-0.05, 0) is 39.0 Å². The van der Waals surface area contributed by atoms with Gasteiger partial charge >= 0.3 is 0 Å². The maximum absolute atomic E-state index is 10.1. The predicted molar refractivity (Wildman–Crippen MR) is 146 cm³/mol. The predicted octanol–water partition coefficient (Wildman–Crippen LogP) is 4.65. The van der Waals surface area contributed by atoms with Gasteiger partial charge in [-0.2, -0.15) is 0 Å². The number of hydrogen-bond acceptors (Lipinski definition) is 7. The number of aliphatic hydroxyl groups is 3. The third kappa shape index (κ3) is 9.52. The molecule has 5 unspecified atom stereocenters. The molecule has 3 heterocycles. The minimum Gasteiger partial charge on any atom is -0.443 e. The van der Waals surface area contributed by atoms with Gasteiger partial charge in [-0.3, -0.25) is 4.68 Å². The molecule has 0 radical (unpaired) electrons. The second-order valence-corrected chi connectivity index (χ2v) is 9.97. The van der Waals surface area contributed by atoms with E-state index in [2.05, 4.69) is 31.1 Å². The van der Waals surface area contributed by atoms with E-state index < -0.39 is 24.6 Å². The molecule has 3 aliphatic rings. The normalized spacial score (nSPS) is 27.9. The van der Waals surface area contributed by atoms with E-state index in [0.29, 0.717) is 12.5 Å². The van der Waals surface area contributed by atoms with E-state index in [0.717, 1.165) is 43.0 Å². The molecule has 0 aromatic carbocycles. The number of rotatable bonds is 8. The highest BCUT2D eigenvalue weighted by Crippen LogP contribution is 2.31. The molecule has 4 rings (SSSR count). The summed E-state index contributed by atoms with van der Waals surface area (Å²) in [6.45, 7) is 11.5. The minimum absolute atomic E-state index is 0.172. The van der Waals surface area contributed by atoms with Crippen LogP contribution in [0.25, 0.3) is 0 Å². The van der Waals surface area contributed by atoms with Gasteiger partial charge in [0.25, 0.3) is 0 Å². The van der Waals surface area contributed by atoms with Crippen LogP contribution >= 0.6 is 0 Å². The Hall–Kier alpha value is -1.71. The zero-order valence-electron chi connectivity index (χ0n) is 23.5. The molecule has 2 saturated heterocycles. The molecule has 0 spiro atoms. The van der Waals surface area contributed by atoms with Gasteiger partial charge in [0.1, 0.15) is 6.10 Å². The van der Waals surface area contributed by atoms with Crippen molar-refractivity contribution < 1.29 is 29.5 Å². The number of nitrogens with zero attached hydrogens (tertiary/aromatic N) is 2. The molecular weight excluding hydrogens is 472 g/mol. The Morgan fingerprint density at radius 3 is 2.38 bits per heavy atom. The van der Waals surface area contributed by atoms with Gasteiger partial charge in [0.15, 0.2) is 0 Å². The lowest BCUT2D eigenvalue weighted by molar-refractivity contribution is -0.241. The van der Waals surface area contributed by atoms with Gasteiger partial charge in [0.05, 0.1) is 31.5 Å². The van der Waals surface area contributed by atoms with Crippen LogP contribution in [-0.4, -0.2) is 69.5 Å². The molecule has 0 amide bonds. The maximum Gasteiger partial charge on any atom is 0.238 e.